The molecule has 0 bridgehead atoms. The van der Waals surface area contributed by atoms with Crippen molar-refractivity contribution in [3.63, 3.8) is 0 Å². The van der Waals surface area contributed by atoms with Gasteiger partial charge in [-0.05, 0) is 55.5 Å². The fraction of sp³-hybridized carbons (Fsp3) is 0.231. The van der Waals surface area contributed by atoms with E-state index in [2.05, 4.69) is 10.6 Å². The summed E-state index contributed by atoms with van der Waals surface area (Å²) in [4.78, 5) is 14.6. The molecule has 4 rings (SSSR count). The molecule has 8 nitrogen and oxygen atoms in total. The molecule has 0 spiro atoms. The Kier molecular flexibility index (Phi) is 8.65. The fourth-order valence-electron chi connectivity index (χ4n) is 3.93. The van der Waals surface area contributed by atoms with E-state index < -0.39 is 15.9 Å². The van der Waals surface area contributed by atoms with Crippen molar-refractivity contribution < 1.29 is 17.9 Å². The first-order chi connectivity index (χ1) is 17.7. The molecule has 0 atom stereocenters. The van der Waals surface area contributed by atoms with Crippen molar-refractivity contribution in [1.82, 2.24) is 9.62 Å². The number of sulfonamides is 1. The second-order valence-corrected chi connectivity index (χ2v) is 11.2. The van der Waals surface area contributed by atoms with Gasteiger partial charge in [0.1, 0.15) is 5.75 Å². The van der Waals surface area contributed by atoms with Crippen LogP contribution in [0.15, 0.2) is 77.7 Å². The summed E-state index contributed by atoms with van der Waals surface area (Å²) in [6, 6.07) is 21.2. The van der Waals surface area contributed by atoms with Gasteiger partial charge in [0.05, 0.1) is 21.3 Å². The lowest BCUT2D eigenvalue weighted by Gasteiger charge is -2.36. The van der Waals surface area contributed by atoms with Gasteiger partial charge < -0.3 is 15.0 Å². The number of halogens is 1. The molecule has 1 aliphatic rings. The molecular weight excluding hydrogens is 532 g/mol. The van der Waals surface area contributed by atoms with Crippen LogP contribution in [-0.2, 0) is 14.8 Å². The SMILES string of the molecule is Cc1ccc(S(=O)(=O)N2CCN(c3c(Cl)cccc3NC(=S)NC(=O)COc3ccccc3)CC2)cc1. The van der Waals surface area contributed by atoms with Gasteiger partial charge in [0.25, 0.3) is 5.91 Å². The van der Waals surface area contributed by atoms with E-state index in [1.807, 2.05) is 30.0 Å². The van der Waals surface area contributed by atoms with Crippen LogP contribution in [0.5, 0.6) is 5.75 Å². The first kappa shape index (κ1) is 26.9. The molecule has 1 aliphatic heterocycles. The Morgan fingerprint density at radius 3 is 2.32 bits per heavy atom. The number of nitrogens with zero attached hydrogens (tertiary/aromatic N) is 2. The summed E-state index contributed by atoms with van der Waals surface area (Å²) in [5.41, 5.74) is 2.30. The third-order valence-corrected chi connectivity index (χ3v) is 8.24. The highest BCUT2D eigenvalue weighted by Gasteiger charge is 2.30. The van der Waals surface area contributed by atoms with Crippen molar-refractivity contribution in [2.24, 2.45) is 0 Å². The molecule has 0 radical (unpaired) electrons. The summed E-state index contributed by atoms with van der Waals surface area (Å²) < 4.78 is 33.1. The van der Waals surface area contributed by atoms with E-state index in [1.54, 1.807) is 54.6 Å². The molecule has 0 unspecified atom stereocenters. The van der Waals surface area contributed by atoms with Crippen LogP contribution in [0.4, 0.5) is 11.4 Å². The predicted molar refractivity (Wildman–Crippen MR) is 150 cm³/mol. The first-order valence-corrected chi connectivity index (χ1v) is 13.9. The van der Waals surface area contributed by atoms with Gasteiger partial charge in [-0.2, -0.15) is 4.31 Å². The molecule has 1 fully saturated rings. The number of carbonyl (C=O) groups excluding carboxylic acids is 1. The number of hydrogen-bond donors (Lipinski definition) is 2. The number of benzene rings is 3. The molecule has 2 N–H and O–H groups in total. The van der Waals surface area contributed by atoms with Gasteiger partial charge in [0.2, 0.25) is 10.0 Å². The van der Waals surface area contributed by atoms with Crippen molar-refractivity contribution in [1.29, 1.82) is 0 Å². The lowest BCUT2D eigenvalue weighted by Crippen LogP contribution is -2.49. The van der Waals surface area contributed by atoms with E-state index in [-0.39, 0.29) is 16.6 Å². The Morgan fingerprint density at radius 1 is 0.973 bits per heavy atom. The van der Waals surface area contributed by atoms with Gasteiger partial charge in [-0.1, -0.05) is 53.6 Å². The number of hydrogen-bond acceptors (Lipinski definition) is 6. The first-order valence-electron chi connectivity index (χ1n) is 11.6. The highest BCUT2D eigenvalue weighted by atomic mass is 35.5. The maximum absolute atomic E-state index is 13.1. The molecule has 37 heavy (non-hydrogen) atoms. The Hall–Kier alpha value is -3.18. The number of thiocarbonyl (C=S) groups is 1. The molecule has 0 saturated carbocycles. The third-order valence-electron chi connectivity index (χ3n) is 5.81. The molecule has 1 heterocycles. The monoisotopic (exact) mass is 558 g/mol. The fourth-order valence-corrected chi connectivity index (χ4v) is 5.87. The second kappa shape index (κ2) is 11.9. The quantitative estimate of drug-likeness (QED) is 0.423. The standard InChI is InChI=1S/C26H27ClN4O4S2/c1-19-10-12-21(13-11-19)37(33,34)31-16-14-30(15-17-31)25-22(27)8-5-9-23(25)28-26(36)29-24(32)18-35-20-6-3-2-4-7-20/h2-13H,14-18H2,1H3,(H2,28,29,32,36). The summed E-state index contributed by atoms with van der Waals surface area (Å²) in [5.74, 6) is 0.178. The van der Waals surface area contributed by atoms with E-state index in [1.165, 1.54) is 4.31 Å². The average Bonchev–Trinajstić information content (AvgIpc) is 2.88. The topological polar surface area (TPSA) is 91.0 Å². The zero-order chi connectivity index (χ0) is 26.4. The number of rotatable bonds is 7. The Morgan fingerprint density at radius 2 is 1.65 bits per heavy atom. The summed E-state index contributed by atoms with van der Waals surface area (Å²) in [7, 11) is -3.58. The minimum atomic E-state index is -3.58. The summed E-state index contributed by atoms with van der Waals surface area (Å²) >= 11 is 11.9. The van der Waals surface area contributed by atoms with Crippen LogP contribution in [0.3, 0.4) is 0 Å². The Bertz CT molecular complexity index is 1360. The van der Waals surface area contributed by atoms with Gasteiger partial charge in [-0.25, -0.2) is 8.42 Å². The van der Waals surface area contributed by atoms with E-state index >= 15 is 0 Å². The summed E-state index contributed by atoms with van der Waals surface area (Å²) in [6.07, 6.45) is 0. The minimum Gasteiger partial charge on any atom is -0.484 e. The molecular formula is C26H27ClN4O4S2. The van der Waals surface area contributed by atoms with Crippen LogP contribution >= 0.6 is 23.8 Å². The van der Waals surface area contributed by atoms with Crippen molar-refractivity contribution >= 4 is 56.2 Å². The minimum absolute atomic E-state index is 0.103. The number of aryl methyl sites for hydroxylation is 1. The molecule has 11 heteroatoms. The van der Waals surface area contributed by atoms with Crippen molar-refractivity contribution in [3.8, 4) is 5.75 Å². The average molecular weight is 559 g/mol. The molecule has 0 aromatic heterocycles. The van der Waals surface area contributed by atoms with E-state index in [0.717, 1.165) is 5.56 Å². The maximum Gasteiger partial charge on any atom is 0.264 e. The van der Waals surface area contributed by atoms with E-state index in [0.29, 0.717) is 48.3 Å². The van der Waals surface area contributed by atoms with Crippen LogP contribution in [0.1, 0.15) is 5.56 Å². The number of piperazine rings is 1. The van der Waals surface area contributed by atoms with E-state index in [9.17, 15) is 13.2 Å². The zero-order valence-corrected chi connectivity index (χ0v) is 22.6. The predicted octanol–water partition coefficient (Wildman–Crippen LogP) is 4.05. The highest BCUT2D eigenvalue weighted by molar-refractivity contribution is 7.89. The Balaban J connectivity index is 1.38. The number of para-hydroxylation sites is 2. The van der Waals surface area contributed by atoms with Crippen molar-refractivity contribution in [2.75, 3.05) is 43.0 Å². The molecule has 194 valence electrons. The number of amides is 1. The molecule has 3 aromatic carbocycles. The number of ether oxygens (including phenoxy) is 1. The number of nitrogens with one attached hydrogen (secondary N) is 2. The van der Waals surface area contributed by atoms with Crippen molar-refractivity contribution in [2.45, 2.75) is 11.8 Å². The van der Waals surface area contributed by atoms with Gasteiger partial charge >= 0.3 is 0 Å². The smallest absolute Gasteiger partial charge is 0.264 e. The molecule has 1 amide bonds. The normalized spacial score (nSPS) is 14.2. The van der Waals surface area contributed by atoms with E-state index in [4.69, 9.17) is 28.6 Å². The van der Waals surface area contributed by atoms with Gasteiger partial charge in [-0.15, -0.1) is 0 Å². The second-order valence-electron chi connectivity index (χ2n) is 8.44. The van der Waals surface area contributed by atoms with Crippen LogP contribution in [0.25, 0.3) is 0 Å². The molecule has 0 aliphatic carbocycles. The lowest BCUT2D eigenvalue weighted by molar-refractivity contribution is -0.121. The van der Waals surface area contributed by atoms with Crippen LogP contribution in [-0.4, -0.2) is 56.5 Å². The van der Waals surface area contributed by atoms with Crippen molar-refractivity contribution in [3.05, 3.63) is 83.4 Å². The maximum atomic E-state index is 13.1. The highest BCUT2D eigenvalue weighted by Crippen LogP contribution is 2.35. The summed E-state index contributed by atoms with van der Waals surface area (Å²) in [6.45, 7) is 3.21. The van der Waals surface area contributed by atoms with Gasteiger partial charge in [0, 0.05) is 26.2 Å². The number of anilines is 2. The van der Waals surface area contributed by atoms with Gasteiger partial charge in [-0.3, -0.25) is 10.1 Å². The Labute approximate surface area is 227 Å². The van der Waals surface area contributed by atoms with Crippen LogP contribution in [0.2, 0.25) is 5.02 Å². The number of carbonyl (C=O) groups is 1. The van der Waals surface area contributed by atoms with Crippen LogP contribution in [0, 0.1) is 6.92 Å². The third kappa shape index (κ3) is 6.78. The largest absolute Gasteiger partial charge is 0.484 e. The van der Waals surface area contributed by atoms with Crippen LogP contribution < -0.4 is 20.3 Å². The van der Waals surface area contributed by atoms with Gasteiger partial charge in [0.15, 0.2) is 11.7 Å². The molecule has 3 aromatic rings. The summed E-state index contributed by atoms with van der Waals surface area (Å²) in [5, 5.41) is 6.23. The molecule has 1 saturated heterocycles. The lowest BCUT2D eigenvalue weighted by atomic mass is 10.2. The zero-order valence-electron chi connectivity index (χ0n) is 20.2.